The lowest BCUT2D eigenvalue weighted by molar-refractivity contribution is -0.384. The van der Waals surface area contributed by atoms with E-state index in [0.29, 0.717) is 12.8 Å². The van der Waals surface area contributed by atoms with Gasteiger partial charge in [-0.15, -0.1) is 0 Å². The van der Waals surface area contributed by atoms with Gasteiger partial charge < -0.3 is 4.74 Å². The number of nitro benzene ring substituents is 1. The van der Waals surface area contributed by atoms with E-state index in [2.05, 4.69) is 4.72 Å². The smallest absolute Gasteiger partial charge is 0.269 e. The molecular formula is C18H20N2O5S. The number of nitrogens with one attached hydrogen (secondary N) is 1. The number of hydrogen-bond donors (Lipinski definition) is 1. The number of benzene rings is 2. The van der Waals surface area contributed by atoms with Crippen molar-refractivity contribution in [2.45, 2.75) is 17.7 Å². The molecule has 1 N–H and O–H groups in total. The Morgan fingerprint density at radius 1 is 1.19 bits per heavy atom. The number of non-ortho nitro benzene ring substituents is 1. The molecule has 0 aliphatic rings. The highest BCUT2D eigenvalue weighted by molar-refractivity contribution is 7.89. The van der Waals surface area contributed by atoms with Gasteiger partial charge in [0, 0.05) is 18.7 Å². The van der Waals surface area contributed by atoms with Crippen LogP contribution in [0.4, 0.5) is 5.69 Å². The number of sulfonamides is 1. The highest BCUT2D eigenvalue weighted by Gasteiger charge is 2.14. The molecule has 0 fully saturated rings. The van der Waals surface area contributed by atoms with Gasteiger partial charge in [0.25, 0.3) is 5.69 Å². The molecule has 8 heteroatoms. The zero-order valence-corrected chi connectivity index (χ0v) is 15.1. The first-order chi connectivity index (χ1) is 12.4. The molecule has 0 amide bonds. The molecule has 0 heterocycles. The molecule has 0 aliphatic carbocycles. The first kappa shape index (κ1) is 19.6. The van der Waals surface area contributed by atoms with Crippen molar-refractivity contribution < 1.29 is 18.1 Å². The van der Waals surface area contributed by atoms with E-state index in [0.717, 1.165) is 11.3 Å². The summed E-state index contributed by atoms with van der Waals surface area (Å²) >= 11 is 0. The van der Waals surface area contributed by atoms with E-state index in [1.165, 1.54) is 24.3 Å². The molecule has 0 radical (unpaired) electrons. The number of unbranched alkanes of at least 4 members (excludes halogenated alkanes) is 1. The van der Waals surface area contributed by atoms with Gasteiger partial charge in [0.2, 0.25) is 10.0 Å². The molecule has 0 bridgehead atoms. The van der Waals surface area contributed by atoms with Crippen molar-refractivity contribution in [2.75, 3.05) is 13.7 Å². The normalized spacial score (nSPS) is 11.6. The van der Waals surface area contributed by atoms with Crippen molar-refractivity contribution in [2.24, 2.45) is 0 Å². The molecule has 0 aliphatic heterocycles. The highest BCUT2D eigenvalue weighted by Crippen LogP contribution is 2.16. The Morgan fingerprint density at radius 3 is 2.58 bits per heavy atom. The van der Waals surface area contributed by atoms with Crippen molar-refractivity contribution >= 4 is 21.8 Å². The summed E-state index contributed by atoms with van der Waals surface area (Å²) in [5.74, 6) is 0.781. The van der Waals surface area contributed by atoms with E-state index in [1.807, 2.05) is 36.4 Å². The molecule has 2 aromatic rings. The van der Waals surface area contributed by atoms with Gasteiger partial charge in [0.05, 0.1) is 16.9 Å². The lowest BCUT2D eigenvalue weighted by atomic mass is 10.2. The maximum atomic E-state index is 12.1. The van der Waals surface area contributed by atoms with Gasteiger partial charge in [0.1, 0.15) is 5.75 Å². The average molecular weight is 376 g/mol. The predicted molar refractivity (Wildman–Crippen MR) is 99.5 cm³/mol. The Bertz CT molecular complexity index is 877. The van der Waals surface area contributed by atoms with E-state index < -0.39 is 14.9 Å². The lowest BCUT2D eigenvalue weighted by Gasteiger charge is -2.05. The van der Waals surface area contributed by atoms with Crippen LogP contribution in [0.3, 0.4) is 0 Å². The van der Waals surface area contributed by atoms with Crippen LogP contribution in [0, 0.1) is 10.1 Å². The van der Waals surface area contributed by atoms with Gasteiger partial charge in [0.15, 0.2) is 0 Å². The van der Waals surface area contributed by atoms with Gasteiger partial charge in [-0.05, 0) is 42.7 Å². The zero-order valence-electron chi connectivity index (χ0n) is 14.3. The Balaban J connectivity index is 1.81. The number of nitrogens with zero attached hydrogens (tertiary/aromatic N) is 1. The minimum Gasteiger partial charge on any atom is -0.497 e. The van der Waals surface area contributed by atoms with E-state index in [9.17, 15) is 18.5 Å². The van der Waals surface area contributed by atoms with E-state index in [4.69, 9.17) is 4.74 Å². The molecule has 0 saturated carbocycles. The fraction of sp³-hybridized carbons (Fsp3) is 0.222. The maximum absolute atomic E-state index is 12.1. The summed E-state index contributed by atoms with van der Waals surface area (Å²) in [6, 6.07) is 12.4. The van der Waals surface area contributed by atoms with Crippen molar-refractivity contribution in [3.8, 4) is 5.75 Å². The molecule has 0 unspecified atom stereocenters. The van der Waals surface area contributed by atoms with E-state index >= 15 is 0 Å². The van der Waals surface area contributed by atoms with Crippen LogP contribution in [-0.4, -0.2) is 27.0 Å². The third-order valence-corrected chi connectivity index (χ3v) is 5.08. The minimum absolute atomic E-state index is 0.00928. The van der Waals surface area contributed by atoms with Crippen molar-refractivity contribution in [3.63, 3.8) is 0 Å². The Hall–Kier alpha value is -2.71. The van der Waals surface area contributed by atoms with Gasteiger partial charge in [-0.1, -0.05) is 24.3 Å². The second-order valence-electron chi connectivity index (χ2n) is 5.47. The summed E-state index contributed by atoms with van der Waals surface area (Å²) in [4.78, 5) is 10.0. The predicted octanol–water partition coefficient (Wildman–Crippen LogP) is 3.38. The molecule has 7 nitrogen and oxygen atoms in total. The molecule has 138 valence electrons. The summed E-state index contributed by atoms with van der Waals surface area (Å²) in [6.07, 6.45) is 5.26. The second-order valence-corrected chi connectivity index (χ2v) is 7.24. The van der Waals surface area contributed by atoms with Gasteiger partial charge in [-0.2, -0.15) is 0 Å². The van der Waals surface area contributed by atoms with Crippen molar-refractivity contribution in [3.05, 3.63) is 70.3 Å². The number of nitro groups is 1. The number of hydrogen-bond acceptors (Lipinski definition) is 5. The highest BCUT2D eigenvalue weighted by atomic mass is 32.2. The molecule has 0 saturated heterocycles. The fourth-order valence-electron chi connectivity index (χ4n) is 2.22. The quantitative estimate of drug-likeness (QED) is 0.411. The number of allylic oxidation sites excluding steroid dienone is 1. The second kappa shape index (κ2) is 9.12. The van der Waals surface area contributed by atoms with Crippen molar-refractivity contribution in [1.29, 1.82) is 0 Å². The Morgan fingerprint density at radius 2 is 1.92 bits per heavy atom. The Labute approximate surface area is 152 Å². The Kier molecular flexibility index (Phi) is 6.88. The first-order valence-corrected chi connectivity index (χ1v) is 9.45. The van der Waals surface area contributed by atoms with Gasteiger partial charge >= 0.3 is 0 Å². The van der Waals surface area contributed by atoms with Crippen LogP contribution in [-0.2, 0) is 10.0 Å². The SMILES string of the molecule is COc1cccc(/C=C/CCCNS(=O)(=O)c2ccc([N+](=O)[O-])cc2)c1. The van der Waals surface area contributed by atoms with Crippen molar-refractivity contribution in [1.82, 2.24) is 4.72 Å². The molecule has 26 heavy (non-hydrogen) atoms. The van der Waals surface area contributed by atoms with Gasteiger partial charge in [-0.25, -0.2) is 13.1 Å². The van der Waals surface area contributed by atoms with Crippen LogP contribution in [0.1, 0.15) is 18.4 Å². The maximum Gasteiger partial charge on any atom is 0.269 e. The third kappa shape index (κ3) is 5.68. The standard InChI is InChI=1S/C18H20N2O5S/c1-25-17-8-5-7-15(14-17)6-3-2-4-13-19-26(23,24)18-11-9-16(10-12-18)20(21)22/h3,5-12,14,19H,2,4,13H2,1H3/b6-3+. The van der Waals surface area contributed by atoms with Crippen LogP contribution in [0.2, 0.25) is 0 Å². The summed E-state index contributed by atoms with van der Waals surface area (Å²) in [6.45, 7) is 0.280. The largest absolute Gasteiger partial charge is 0.497 e. The minimum atomic E-state index is -3.66. The van der Waals surface area contributed by atoms with Crippen LogP contribution in [0.5, 0.6) is 5.75 Å². The average Bonchev–Trinajstić information content (AvgIpc) is 2.64. The summed E-state index contributed by atoms with van der Waals surface area (Å²) in [5, 5.41) is 10.6. The molecule has 0 spiro atoms. The van der Waals surface area contributed by atoms with Crippen LogP contribution < -0.4 is 9.46 Å². The van der Waals surface area contributed by atoms with E-state index in [-0.39, 0.29) is 17.1 Å². The zero-order chi connectivity index (χ0) is 19.0. The number of rotatable bonds is 9. The third-order valence-electron chi connectivity index (χ3n) is 3.60. The topological polar surface area (TPSA) is 98.5 Å². The molecule has 0 atom stereocenters. The summed E-state index contributed by atoms with van der Waals surface area (Å²) in [7, 11) is -2.05. The monoisotopic (exact) mass is 376 g/mol. The molecule has 2 rings (SSSR count). The molecular weight excluding hydrogens is 356 g/mol. The number of methoxy groups -OCH3 is 1. The fourth-order valence-corrected chi connectivity index (χ4v) is 3.30. The van der Waals surface area contributed by atoms with Crippen LogP contribution in [0.25, 0.3) is 6.08 Å². The first-order valence-electron chi connectivity index (χ1n) is 7.97. The van der Waals surface area contributed by atoms with Crippen LogP contribution in [0.15, 0.2) is 59.5 Å². The van der Waals surface area contributed by atoms with Crippen LogP contribution >= 0.6 is 0 Å². The molecule has 0 aromatic heterocycles. The molecule has 2 aromatic carbocycles. The van der Waals surface area contributed by atoms with E-state index in [1.54, 1.807) is 7.11 Å². The summed E-state index contributed by atoms with van der Waals surface area (Å²) in [5.41, 5.74) is 0.863. The number of ether oxygens (including phenoxy) is 1. The van der Waals surface area contributed by atoms with Gasteiger partial charge in [-0.3, -0.25) is 10.1 Å². The summed E-state index contributed by atoms with van der Waals surface area (Å²) < 4.78 is 31.9. The lowest BCUT2D eigenvalue weighted by Crippen LogP contribution is -2.24.